The quantitative estimate of drug-likeness (QED) is 0.830. The van der Waals surface area contributed by atoms with Crippen molar-refractivity contribution in [3.05, 3.63) is 30.1 Å². The summed E-state index contributed by atoms with van der Waals surface area (Å²) in [7, 11) is 0. The molecule has 0 spiro atoms. The second-order valence-electron chi connectivity index (χ2n) is 3.81. The largest absolute Gasteiger partial charge is 0.307 e. The zero-order chi connectivity index (χ0) is 12.3. The molecule has 1 saturated heterocycles. The van der Waals surface area contributed by atoms with Gasteiger partial charge in [0.15, 0.2) is 0 Å². The van der Waals surface area contributed by atoms with E-state index in [1.165, 1.54) is 11.0 Å². The maximum Gasteiger partial charge on any atom is 0.245 e. The lowest BCUT2D eigenvalue weighted by molar-refractivity contribution is -0.121. The molecule has 0 aromatic heterocycles. The number of benzene rings is 1. The minimum Gasteiger partial charge on any atom is -0.307 e. The van der Waals surface area contributed by atoms with Gasteiger partial charge in [0.05, 0.1) is 18.2 Å². The monoisotopic (exact) mass is 233 g/mol. The molecule has 4 nitrogen and oxygen atoms in total. The second-order valence-corrected chi connectivity index (χ2v) is 3.81. The van der Waals surface area contributed by atoms with Crippen LogP contribution in [0.1, 0.15) is 6.42 Å². The lowest BCUT2D eigenvalue weighted by atomic mass is 10.1. The van der Waals surface area contributed by atoms with E-state index in [0.717, 1.165) is 0 Å². The average molecular weight is 233 g/mol. The van der Waals surface area contributed by atoms with Gasteiger partial charge >= 0.3 is 0 Å². The molecule has 1 aromatic carbocycles. The summed E-state index contributed by atoms with van der Waals surface area (Å²) in [6.45, 7) is 0.980. The van der Waals surface area contributed by atoms with Gasteiger partial charge in [0, 0.05) is 13.1 Å². The third-order valence-corrected chi connectivity index (χ3v) is 2.73. The summed E-state index contributed by atoms with van der Waals surface area (Å²) < 4.78 is 13.6. The smallest absolute Gasteiger partial charge is 0.245 e. The molecule has 0 saturated carbocycles. The van der Waals surface area contributed by atoms with Gasteiger partial charge < -0.3 is 10.2 Å². The average Bonchev–Trinajstić information content (AvgIpc) is 2.33. The Bertz CT molecular complexity index is 469. The number of hydrogen-bond donors (Lipinski definition) is 1. The molecule has 0 aliphatic carbocycles. The molecular weight excluding hydrogens is 221 g/mol. The van der Waals surface area contributed by atoms with Gasteiger partial charge in [0.25, 0.3) is 0 Å². The zero-order valence-corrected chi connectivity index (χ0v) is 9.19. The molecule has 1 aliphatic heterocycles. The van der Waals surface area contributed by atoms with Crippen LogP contribution in [0, 0.1) is 17.1 Å². The Balaban J connectivity index is 2.25. The van der Waals surface area contributed by atoms with E-state index in [1.807, 2.05) is 6.07 Å². The van der Waals surface area contributed by atoms with Crippen molar-refractivity contribution in [1.82, 2.24) is 5.32 Å². The molecule has 1 unspecified atom stereocenters. The highest BCUT2D eigenvalue weighted by atomic mass is 19.1. The van der Waals surface area contributed by atoms with Gasteiger partial charge in [0.1, 0.15) is 11.9 Å². The second kappa shape index (κ2) is 4.93. The Labute approximate surface area is 98.6 Å². The number of carbonyl (C=O) groups is 1. The minimum absolute atomic E-state index is 0.101. The number of nitrogens with one attached hydrogen (secondary N) is 1. The summed E-state index contributed by atoms with van der Waals surface area (Å²) >= 11 is 0. The van der Waals surface area contributed by atoms with Crippen molar-refractivity contribution < 1.29 is 9.18 Å². The Kier molecular flexibility index (Phi) is 3.35. The van der Waals surface area contributed by atoms with Crippen LogP contribution in [-0.2, 0) is 4.79 Å². The van der Waals surface area contributed by atoms with Crippen molar-refractivity contribution in [2.75, 3.05) is 18.0 Å². The number of nitriles is 1. The molecule has 1 aliphatic rings. The maximum absolute atomic E-state index is 13.6. The Morgan fingerprint density at radius 1 is 1.53 bits per heavy atom. The Hall–Kier alpha value is -1.93. The molecule has 1 N–H and O–H groups in total. The number of anilines is 1. The van der Waals surface area contributed by atoms with Crippen LogP contribution in [-0.4, -0.2) is 25.0 Å². The fraction of sp³-hybridized carbons (Fsp3) is 0.333. The third kappa shape index (κ3) is 2.27. The summed E-state index contributed by atoms with van der Waals surface area (Å²) in [5.41, 5.74) is 0.280. The SMILES string of the molecule is N#CCC1NCCN(c2ccccc2F)C1=O. The predicted octanol–water partition coefficient (Wildman–Crippen LogP) is 1.04. The van der Waals surface area contributed by atoms with Gasteiger partial charge in [-0.2, -0.15) is 5.26 Å². The Morgan fingerprint density at radius 2 is 2.29 bits per heavy atom. The first-order valence-corrected chi connectivity index (χ1v) is 5.40. The van der Waals surface area contributed by atoms with Gasteiger partial charge in [-0.1, -0.05) is 12.1 Å². The number of amides is 1. The van der Waals surface area contributed by atoms with Crippen molar-refractivity contribution in [2.24, 2.45) is 0 Å². The normalized spacial score (nSPS) is 20.1. The molecule has 5 heteroatoms. The molecule has 1 atom stereocenters. The van der Waals surface area contributed by atoms with Crippen LogP contribution < -0.4 is 10.2 Å². The van der Waals surface area contributed by atoms with Crippen LogP contribution in [0.3, 0.4) is 0 Å². The van der Waals surface area contributed by atoms with Crippen molar-refractivity contribution in [3.8, 4) is 6.07 Å². The third-order valence-electron chi connectivity index (χ3n) is 2.73. The highest BCUT2D eigenvalue weighted by molar-refractivity contribution is 5.98. The number of piperazine rings is 1. The molecule has 0 bridgehead atoms. The molecule has 1 amide bonds. The molecule has 17 heavy (non-hydrogen) atoms. The van der Waals surface area contributed by atoms with Gasteiger partial charge in [-0.15, -0.1) is 0 Å². The summed E-state index contributed by atoms with van der Waals surface area (Å²) in [5, 5.41) is 11.6. The maximum atomic E-state index is 13.6. The fourth-order valence-electron chi connectivity index (χ4n) is 1.90. The van der Waals surface area contributed by atoms with E-state index in [2.05, 4.69) is 5.32 Å². The topological polar surface area (TPSA) is 56.1 Å². The first-order chi connectivity index (χ1) is 8.24. The first kappa shape index (κ1) is 11.6. The molecule has 2 rings (SSSR count). The van der Waals surface area contributed by atoms with Crippen LogP contribution in [0.15, 0.2) is 24.3 Å². The fourth-order valence-corrected chi connectivity index (χ4v) is 1.90. The summed E-state index contributed by atoms with van der Waals surface area (Å²) in [4.78, 5) is 13.4. The van der Waals surface area contributed by atoms with E-state index in [-0.39, 0.29) is 18.0 Å². The lowest BCUT2D eigenvalue weighted by Crippen LogP contribution is -2.55. The van der Waals surface area contributed by atoms with Crippen LogP contribution in [0.4, 0.5) is 10.1 Å². The number of carbonyl (C=O) groups excluding carboxylic acids is 1. The van der Waals surface area contributed by atoms with Gasteiger partial charge in [0.2, 0.25) is 5.91 Å². The highest BCUT2D eigenvalue weighted by Gasteiger charge is 2.30. The van der Waals surface area contributed by atoms with Gasteiger partial charge in [-0.25, -0.2) is 4.39 Å². The van der Waals surface area contributed by atoms with Crippen molar-refractivity contribution >= 4 is 11.6 Å². The molecule has 1 aromatic rings. The van der Waals surface area contributed by atoms with E-state index >= 15 is 0 Å². The van der Waals surface area contributed by atoms with Crippen LogP contribution in [0.2, 0.25) is 0 Å². The zero-order valence-electron chi connectivity index (χ0n) is 9.19. The van der Waals surface area contributed by atoms with E-state index in [1.54, 1.807) is 18.2 Å². The molecule has 0 radical (unpaired) electrons. The highest BCUT2D eigenvalue weighted by Crippen LogP contribution is 2.21. The van der Waals surface area contributed by atoms with Crippen LogP contribution in [0.25, 0.3) is 0 Å². The van der Waals surface area contributed by atoms with Crippen molar-refractivity contribution in [3.63, 3.8) is 0 Å². The molecule has 1 heterocycles. The summed E-state index contributed by atoms with van der Waals surface area (Å²) in [6, 6.07) is 7.58. The van der Waals surface area contributed by atoms with E-state index in [0.29, 0.717) is 13.1 Å². The number of rotatable bonds is 2. The lowest BCUT2D eigenvalue weighted by Gasteiger charge is -2.32. The van der Waals surface area contributed by atoms with Gasteiger partial charge in [-0.05, 0) is 12.1 Å². The first-order valence-electron chi connectivity index (χ1n) is 5.40. The van der Waals surface area contributed by atoms with Crippen molar-refractivity contribution in [2.45, 2.75) is 12.5 Å². The van der Waals surface area contributed by atoms with Crippen LogP contribution in [0.5, 0.6) is 0 Å². The number of para-hydroxylation sites is 1. The number of hydrogen-bond acceptors (Lipinski definition) is 3. The summed E-state index contributed by atoms with van der Waals surface area (Å²) in [6.07, 6.45) is 0.101. The number of halogens is 1. The predicted molar refractivity (Wildman–Crippen MR) is 60.8 cm³/mol. The Morgan fingerprint density at radius 3 is 3.00 bits per heavy atom. The van der Waals surface area contributed by atoms with Crippen molar-refractivity contribution in [1.29, 1.82) is 5.26 Å². The number of nitrogens with zero attached hydrogens (tertiary/aromatic N) is 2. The minimum atomic E-state index is -0.534. The molecule has 1 fully saturated rings. The van der Waals surface area contributed by atoms with E-state index < -0.39 is 11.9 Å². The van der Waals surface area contributed by atoms with Crippen LogP contribution >= 0.6 is 0 Å². The van der Waals surface area contributed by atoms with E-state index in [4.69, 9.17) is 5.26 Å². The standard InChI is InChI=1S/C12H12FN3O/c13-9-3-1-2-4-11(9)16-8-7-15-10(5-6-14)12(16)17/h1-4,10,15H,5,7-8H2. The summed E-state index contributed by atoms with van der Waals surface area (Å²) in [5.74, 6) is -0.665. The van der Waals surface area contributed by atoms with E-state index in [9.17, 15) is 9.18 Å². The molecular formula is C12H12FN3O. The molecule has 88 valence electrons. The van der Waals surface area contributed by atoms with Gasteiger partial charge in [-0.3, -0.25) is 4.79 Å².